The molecule has 2 rings (SSSR count). The number of nitrogens with zero attached hydrogens (tertiary/aromatic N) is 1. The number of Topliss-reactive ketones (excluding diaryl/α,β-unsaturated/α-hetero) is 1. The van der Waals surface area contributed by atoms with Gasteiger partial charge in [-0.3, -0.25) is 9.59 Å². The third-order valence-corrected chi connectivity index (χ3v) is 3.90. The van der Waals surface area contributed by atoms with Crippen molar-refractivity contribution in [3.63, 3.8) is 0 Å². The molecule has 0 N–H and O–H groups in total. The molecule has 0 aliphatic rings. The van der Waals surface area contributed by atoms with Gasteiger partial charge in [0.05, 0.1) is 0 Å². The molecule has 1 amide bonds. The molecule has 0 bridgehead atoms. The Morgan fingerprint density at radius 1 is 1.04 bits per heavy atom. The van der Waals surface area contributed by atoms with Crippen LogP contribution in [0.1, 0.15) is 35.3 Å². The molecule has 0 heterocycles. The SMILES string of the molecule is CCN(C(=O)COc1ccc(C(C)=O)cc1)c1cc(C)ccc1C. The van der Waals surface area contributed by atoms with Gasteiger partial charge in [0.1, 0.15) is 5.75 Å². The molecule has 4 heteroatoms. The molecule has 0 saturated heterocycles. The number of hydrogen-bond donors (Lipinski definition) is 0. The Morgan fingerprint density at radius 2 is 1.71 bits per heavy atom. The van der Waals surface area contributed by atoms with Crippen molar-refractivity contribution in [2.45, 2.75) is 27.7 Å². The second-order valence-corrected chi connectivity index (χ2v) is 5.80. The predicted molar refractivity (Wildman–Crippen MR) is 95.9 cm³/mol. The normalized spacial score (nSPS) is 10.3. The van der Waals surface area contributed by atoms with Crippen molar-refractivity contribution in [2.75, 3.05) is 18.1 Å². The highest BCUT2D eigenvalue weighted by Gasteiger charge is 2.16. The summed E-state index contributed by atoms with van der Waals surface area (Å²) in [7, 11) is 0. The molecule has 0 fully saturated rings. The van der Waals surface area contributed by atoms with Crippen molar-refractivity contribution in [2.24, 2.45) is 0 Å². The lowest BCUT2D eigenvalue weighted by Gasteiger charge is -2.23. The zero-order valence-corrected chi connectivity index (χ0v) is 14.6. The van der Waals surface area contributed by atoms with E-state index in [9.17, 15) is 9.59 Å². The van der Waals surface area contributed by atoms with Crippen molar-refractivity contribution in [1.29, 1.82) is 0 Å². The highest BCUT2D eigenvalue weighted by Crippen LogP contribution is 2.22. The van der Waals surface area contributed by atoms with E-state index < -0.39 is 0 Å². The molecule has 0 aliphatic heterocycles. The van der Waals surface area contributed by atoms with E-state index in [4.69, 9.17) is 4.74 Å². The summed E-state index contributed by atoms with van der Waals surface area (Å²) >= 11 is 0. The number of anilines is 1. The maximum atomic E-state index is 12.5. The van der Waals surface area contributed by atoms with Gasteiger partial charge in [0, 0.05) is 17.8 Å². The van der Waals surface area contributed by atoms with Gasteiger partial charge in [0.25, 0.3) is 5.91 Å². The smallest absolute Gasteiger partial charge is 0.264 e. The highest BCUT2D eigenvalue weighted by atomic mass is 16.5. The van der Waals surface area contributed by atoms with E-state index in [1.807, 2.05) is 39.0 Å². The molecule has 24 heavy (non-hydrogen) atoms. The average molecular weight is 325 g/mol. The van der Waals surface area contributed by atoms with Crippen LogP contribution < -0.4 is 9.64 Å². The van der Waals surface area contributed by atoms with Gasteiger partial charge < -0.3 is 9.64 Å². The molecule has 0 saturated carbocycles. The van der Waals surface area contributed by atoms with Crippen LogP contribution in [0.5, 0.6) is 5.75 Å². The van der Waals surface area contributed by atoms with Crippen molar-refractivity contribution in [1.82, 2.24) is 0 Å². The van der Waals surface area contributed by atoms with Crippen LogP contribution >= 0.6 is 0 Å². The number of likely N-dealkylation sites (N-methyl/N-ethyl adjacent to an activating group) is 1. The molecule has 4 nitrogen and oxygen atoms in total. The van der Waals surface area contributed by atoms with Crippen molar-refractivity contribution < 1.29 is 14.3 Å². The first-order chi connectivity index (χ1) is 11.4. The summed E-state index contributed by atoms with van der Waals surface area (Å²) in [5.41, 5.74) is 3.71. The molecule has 2 aromatic rings. The van der Waals surface area contributed by atoms with Crippen LogP contribution in [-0.2, 0) is 4.79 Å². The van der Waals surface area contributed by atoms with E-state index in [0.717, 1.165) is 16.8 Å². The molecular formula is C20H23NO3. The van der Waals surface area contributed by atoms with E-state index >= 15 is 0 Å². The number of ketones is 1. The van der Waals surface area contributed by atoms with Gasteiger partial charge in [0.2, 0.25) is 0 Å². The minimum Gasteiger partial charge on any atom is -0.484 e. The molecule has 0 aromatic heterocycles. The summed E-state index contributed by atoms with van der Waals surface area (Å²) in [6.07, 6.45) is 0. The van der Waals surface area contributed by atoms with E-state index in [1.165, 1.54) is 6.92 Å². The minimum absolute atomic E-state index is 0.00436. The Kier molecular flexibility index (Phi) is 5.74. The Balaban J connectivity index is 2.07. The quantitative estimate of drug-likeness (QED) is 0.756. The number of rotatable bonds is 6. The van der Waals surface area contributed by atoms with Gasteiger partial charge in [0.15, 0.2) is 12.4 Å². The van der Waals surface area contributed by atoms with Crippen LogP contribution in [0.25, 0.3) is 0 Å². The molecule has 0 aliphatic carbocycles. The third-order valence-electron chi connectivity index (χ3n) is 3.90. The first kappa shape index (κ1) is 17.7. The first-order valence-corrected chi connectivity index (χ1v) is 8.03. The zero-order chi connectivity index (χ0) is 17.7. The molecule has 0 spiro atoms. The Hall–Kier alpha value is -2.62. The summed E-state index contributed by atoms with van der Waals surface area (Å²) in [6.45, 7) is 8.00. The van der Waals surface area contributed by atoms with Crippen molar-refractivity contribution in [3.05, 3.63) is 59.2 Å². The number of ether oxygens (including phenoxy) is 1. The van der Waals surface area contributed by atoms with Gasteiger partial charge >= 0.3 is 0 Å². The van der Waals surface area contributed by atoms with Crippen LogP contribution in [0.3, 0.4) is 0 Å². The molecule has 0 atom stereocenters. The van der Waals surface area contributed by atoms with Crippen LogP contribution in [0.2, 0.25) is 0 Å². The number of carbonyl (C=O) groups excluding carboxylic acids is 2. The van der Waals surface area contributed by atoms with Gasteiger partial charge in [-0.25, -0.2) is 0 Å². The third kappa shape index (κ3) is 4.22. The number of benzene rings is 2. The second-order valence-electron chi connectivity index (χ2n) is 5.80. The number of hydrogen-bond acceptors (Lipinski definition) is 3. The van der Waals surface area contributed by atoms with Crippen molar-refractivity contribution >= 4 is 17.4 Å². The summed E-state index contributed by atoms with van der Waals surface area (Å²) < 4.78 is 5.57. The molecule has 2 aromatic carbocycles. The predicted octanol–water partition coefficient (Wildman–Crippen LogP) is 3.94. The van der Waals surface area contributed by atoms with Crippen LogP contribution in [0.4, 0.5) is 5.69 Å². The number of carbonyl (C=O) groups is 2. The van der Waals surface area contributed by atoms with Crippen LogP contribution in [0, 0.1) is 13.8 Å². The summed E-state index contributed by atoms with van der Waals surface area (Å²) in [5.74, 6) is 0.483. The maximum absolute atomic E-state index is 12.5. The Labute approximate surface area is 143 Å². The summed E-state index contributed by atoms with van der Waals surface area (Å²) in [5, 5.41) is 0. The number of aryl methyl sites for hydroxylation is 2. The van der Waals surface area contributed by atoms with Gasteiger partial charge in [-0.05, 0) is 69.2 Å². The average Bonchev–Trinajstić information content (AvgIpc) is 2.57. The fraction of sp³-hybridized carbons (Fsp3) is 0.300. The monoisotopic (exact) mass is 325 g/mol. The van der Waals surface area contributed by atoms with E-state index in [0.29, 0.717) is 17.9 Å². The van der Waals surface area contributed by atoms with Gasteiger partial charge in [-0.1, -0.05) is 12.1 Å². The zero-order valence-electron chi connectivity index (χ0n) is 14.6. The lowest BCUT2D eigenvalue weighted by atomic mass is 10.1. The summed E-state index contributed by atoms with van der Waals surface area (Å²) in [4.78, 5) is 25.5. The fourth-order valence-electron chi connectivity index (χ4n) is 2.50. The van der Waals surface area contributed by atoms with Crippen LogP contribution in [0.15, 0.2) is 42.5 Å². The lowest BCUT2D eigenvalue weighted by molar-refractivity contribution is -0.120. The maximum Gasteiger partial charge on any atom is 0.264 e. The lowest BCUT2D eigenvalue weighted by Crippen LogP contribution is -2.35. The molecular weight excluding hydrogens is 302 g/mol. The Bertz CT molecular complexity index is 735. The van der Waals surface area contributed by atoms with Gasteiger partial charge in [-0.2, -0.15) is 0 Å². The topological polar surface area (TPSA) is 46.6 Å². The highest BCUT2D eigenvalue weighted by molar-refractivity contribution is 5.95. The summed E-state index contributed by atoms with van der Waals surface area (Å²) in [6, 6.07) is 12.9. The minimum atomic E-state index is -0.0955. The molecule has 0 radical (unpaired) electrons. The van der Waals surface area contributed by atoms with E-state index in [1.54, 1.807) is 29.2 Å². The van der Waals surface area contributed by atoms with E-state index in [-0.39, 0.29) is 18.3 Å². The van der Waals surface area contributed by atoms with Crippen molar-refractivity contribution in [3.8, 4) is 5.75 Å². The molecule has 0 unspecified atom stereocenters. The Morgan fingerprint density at radius 3 is 2.29 bits per heavy atom. The standard InChI is InChI=1S/C20H23NO3/c1-5-21(19-12-14(2)6-7-15(19)3)20(23)13-24-18-10-8-17(9-11-18)16(4)22/h6-12H,5,13H2,1-4H3. The number of amides is 1. The molecule has 126 valence electrons. The van der Waals surface area contributed by atoms with E-state index in [2.05, 4.69) is 0 Å². The fourth-order valence-corrected chi connectivity index (χ4v) is 2.50. The first-order valence-electron chi connectivity index (χ1n) is 8.03. The largest absolute Gasteiger partial charge is 0.484 e. The van der Waals surface area contributed by atoms with Gasteiger partial charge in [-0.15, -0.1) is 0 Å². The van der Waals surface area contributed by atoms with Crippen LogP contribution in [-0.4, -0.2) is 24.8 Å². The second kappa shape index (κ2) is 7.77.